The maximum Gasteiger partial charge on any atom is 0.233 e. The zero-order chi connectivity index (χ0) is 31.7. The molecule has 1 heterocycles. The van der Waals surface area contributed by atoms with Crippen LogP contribution in [0.4, 0.5) is 46.3 Å². The molecule has 4 aromatic rings. The van der Waals surface area contributed by atoms with Gasteiger partial charge in [-0.3, -0.25) is 0 Å². The average Bonchev–Trinajstić information content (AvgIpc) is 2.93. The molecule has 0 aliphatic rings. The van der Waals surface area contributed by atoms with Crippen LogP contribution in [0.25, 0.3) is 0 Å². The maximum atomic E-state index is 4.75. The fraction of sp³-hybridized carbons (Fsp3) is 0.417. The number of benzene rings is 3. The van der Waals surface area contributed by atoms with E-state index in [-0.39, 0.29) is 11.0 Å². The molecule has 0 aliphatic carbocycles. The van der Waals surface area contributed by atoms with Crippen LogP contribution in [0.5, 0.6) is 0 Å². The summed E-state index contributed by atoms with van der Waals surface area (Å²) in [6.45, 7) is 17.8. The molecular weight excluding hydrogens is 544 g/mol. The number of aromatic nitrogens is 3. The van der Waals surface area contributed by atoms with Crippen LogP contribution in [0, 0.1) is 11.3 Å². The number of hydrogen-bond acceptors (Lipinski definition) is 8. The van der Waals surface area contributed by atoms with Crippen LogP contribution in [0.3, 0.4) is 0 Å². The summed E-state index contributed by atoms with van der Waals surface area (Å²) < 4.78 is 0. The molecule has 4 rings (SSSR count). The molecule has 8 heteroatoms. The van der Waals surface area contributed by atoms with Crippen molar-refractivity contribution in [3.05, 3.63) is 78.9 Å². The Bertz CT molecular complexity index is 1440. The molecular formula is C36H50N8. The van der Waals surface area contributed by atoms with Crippen molar-refractivity contribution in [1.82, 2.24) is 15.0 Å². The Balaban J connectivity index is 1.51. The lowest BCUT2D eigenvalue weighted by molar-refractivity contribution is 0.301. The average molecular weight is 595 g/mol. The molecule has 0 saturated heterocycles. The molecule has 5 N–H and O–H groups in total. The molecule has 1 unspecified atom stereocenters. The monoisotopic (exact) mass is 594 g/mol. The van der Waals surface area contributed by atoms with Crippen LogP contribution >= 0.6 is 0 Å². The molecule has 234 valence electrons. The van der Waals surface area contributed by atoms with E-state index in [9.17, 15) is 0 Å². The predicted molar refractivity (Wildman–Crippen MR) is 188 cm³/mol. The van der Waals surface area contributed by atoms with E-state index in [1.165, 1.54) is 6.42 Å². The Kier molecular flexibility index (Phi) is 10.7. The lowest BCUT2D eigenvalue weighted by Gasteiger charge is -2.33. The summed E-state index contributed by atoms with van der Waals surface area (Å²) in [5.74, 6) is 2.14. The summed E-state index contributed by atoms with van der Waals surface area (Å²) in [7, 11) is 0. The van der Waals surface area contributed by atoms with E-state index >= 15 is 0 Å². The lowest BCUT2D eigenvalue weighted by atomic mass is 9.82. The molecule has 8 nitrogen and oxygen atoms in total. The van der Waals surface area contributed by atoms with Crippen molar-refractivity contribution in [2.45, 2.75) is 86.2 Å². The smallest absolute Gasteiger partial charge is 0.233 e. The number of hydrogen-bond donors (Lipinski definition) is 5. The molecule has 0 spiro atoms. The number of anilines is 8. The van der Waals surface area contributed by atoms with Crippen LogP contribution in [0.1, 0.15) is 74.7 Å². The van der Waals surface area contributed by atoms with Crippen molar-refractivity contribution in [3.63, 3.8) is 0 Å². The SMILES string of the molecule is CC(C)CCC(C)Nc1ccc(Nc2nc(Nc3ccc(Nc4ccccc4)cc3)nc(NC(C)(C)CC(C)(C)C)n2)cc1. The molecule has 3 aromatic carbocycles. The summed E-state index contributed by atoms with van der Waals surface area (Å²) in [6, 6.07) is 26.9. The quantitative estimate of drug-likeness (QED) is 0.0984. The van der Waals surface area contributed by atoms with E-state index < -0.39 is 0 Å². The fourth-order valence-electron chi connectivity index (χ4n) is 5.39. The normalized spacial score (nSPS) is 12.5. The first kappa shape index (κ1) is 32.6. The van der Waals surface area contributed by atoms with Crippen LogP contribution < -0.4 is 26.6 Å². The van der Waals surface area contributed by atoms with Gasteiger partial charge < -0.3 is 26.6 Å². The minimum atomic E-state index is -0.224. The van der Waals surface area contributed by atoms with Crippen LogP contribution in [0.2, 0.25) is 0 Å². The van der Waals surface area contributed by atoms with E-state index in [2.05, 4.69) is 94.1 Å². The maximum absolute atomic E-state index is 4.75. The Hall–Kier alpha value is -4.33. The Morgan fingerprint density at radius 1 is 0.545 bits per heavy atom. The molecule has 0 saturated carbocycles. The van der Waals surface area contributed by atoms with Crippen molar-refractivity contribution in [2.24, 2.45) is 11.3 Å². The number of para-hydroxylation sites is 1. The second kappa shape index (κ2) is 14.4. The van der Waals surface area contributed by atoms with Gasteiger partial charge >= 0.3 is 0 Å². The van der Waals surface area contributed by atoms with Crippen LogP contribution in [-0.2, 0) is 0 Å². The predicted octanol–water partition coefficient (Wildman–Crippen LogP) is 9.97. The van der Waals surface area contributed by atoms with Crippen molar-refractivity contribution in [1.29, 1.82) is 0 Å². The van der Waals surface area contributed by atoms with Gasteiger partial charge in [0.15, 0.2) is 0 Å². The summed E-state index contributed by atoms with van der Waals surface area (Å²) in [6.07, 6.45) is 3.30. The lowest BCUT2D eigenvalue weighted by Crippen LogP contribution is -2.36. The second-order valence-corrected chi connectivity index (χ2v) is 14.0. The highest BCUT2D eigenvalue weighted by atomic mass is 15.3. The molecule has 44 heavy (non-hydrogen) atoms. The first-order chi connectivity index (χ1) is 20.8. The highest BCUT2D eigenvalue weighted by Crippen LogP contribution is 2.30. The topological polar surface area (TPSA) is 98.8 Å². The van der Waals surface area contributed by atoms with Crippen LogP contribution in [-0.4, -0.2) is 26.5 Å². The zero-order valence-corrected chi connectivity index (χ0v) is 27.6. The molecule has 0 bridgehead atoms. The Labute approximate surface area is 263 Å². The largest absolute Gasteiger partial charge is 0.383 e. The Morgan fingerprint density at radius 3 is 1.50 bits per heavy atom. The van der Waals surface area contributed by atoms with Gasteiger partial charge in [0.05, 0.1) is 0 Å². The van der Waals surface area contributed by atoms with Gasteiger partial charge in [0.2, 0.25) is 17.8 Å². The van der Waals surface area contributed by atoms with E-state index in [0.29, 0.717) is 29.8 Å². The van der Waals surface area contributed by atoms with Gasteiger partial charge in [0.25, 0.3) is 0 Å². The van der Waals surface area contributed by atoms with Crippen molar-refractivity contribution >= 4 is 46.3 Å². The van der Waals surface area contributed by atoms with Gasteiger partial charge in [0, 0.05) is 40.0 Å². The third-order valence-electron chi connectivity index (χ3n) is 6.99. The molecule has 0 amide bonds. The Morgan fingerprint density at radius 2 is 1.00 bits per heavy atom. The minimum Gasteiger partial charge on any atom is -0.383 e. The van der Waals surface area contributed by atoms with E-state index in [1.807, 2.05) is 66.7 Å². The second-order valence-electron chi connectivity index (χ2n) is 14.0. The first-order valence-electron chi connectivity index (χ1n) is 15.7. The standard InChI is InChI=1S/C36H50N8/c1-25(2)14-15-26(3)37-28-16-20-30(21-17-28)39-32-41-33(43-34(42-32)44-36(7,8)24-35(4,5)6)40-31-22-18-29(19-23-31)38-27-12-10-9-11-13-27/h9-13,16-23,25-26,37-38H,14-15,24H2,1-8H3,(H3,39,40,41,42,43,44). The van der Waals surface area contributed by atoms with Crippen molar-refractivity contribution in [3.8, 4) is 0 Å². The van der Waals surface area contributed by atoms with Gasteiger partial charge in [-0.05, 0) is 112 Å². The summed E-state index contributed by atoms with van der Waals surface area (Å²) in [5, 5.41) is 17.3. The number of nitrogens with zero attached hydrogens (tertiary/aromatic N) is 3. The number of nitrogens with one attached hydrogen (secondary N) is 5. The van der Waals surface area contributed by atoms with Crippen molar-refractivity contribution < 1.29 is 0 Å². The van der Waals surface area contributed by atoms with E-state index in [4.69, 9.17) is 15.0 Å². The van der Waals surface area contributed by atoms with E-state index in [1.54, 1.807) is 0 Å². The van der Waals surface area contributed by atoms with Gasteiger partial charge in [-0.1, -0.05) is 52.8 Å². The summed E-state index contributed by atoms with van der Waals surface area (Å²) in [5.41, 5.74) is 4.84. The van der Waals surface area contributed by atoms with Gasteiger partial charge in [-0.2, -0.15) is 15.0 Å². The molecule has 1 aromatic heterocycles. The van der Waals surface area contributed by atoms with Gasteiger partial charge in [-0.25, -0.2) is 0 Å². The molecule has 0 radical (unpaired) electrons. The number of rotatable bonds is 14. The van der Waals surface area contributed by atoms with Crippen molar-refractivity contribution in [2.75, 3.05) is 26.6 Å². The minimum absolute atomic E-state index is 0.142. The van der Waals surface area contributed by atoms with Gasteiger partial charge in [-0.15, -0.1) is 0 Å². The van der Waals surface area contributed by atoms with Crippen LogP contribution in [0.15, 0.2) is 78.9 Å². The fourth-order valence-corrected chi connectivity index (χ4v) is 5.39. The molecule has 0 fully saturated rings. The highest BCUT2D eigenvalue weighted by Gasteiger charge is 2.26. The molecule has 1 atom stereocenters. The molecule has 0 aliphatic heterocycles. The third-order valence-corrected chi connectivity index (χ3v) is 6.99. The summed E-state index contributed by atoms with van der Waals surface area (Å²) in [4.78, 5) is 14.2. The summed E-state index contributed by atoms with van der Waals surface area (Å²) >= 11 is 0. The highest BCUT2D eigenvalue weighted by molar-refractivity contribution is 5.65. The van der Waals surface area contributed by atoms with Gasteiger partial charge in [0.1, 0.15) is 0 Å². The first-order valence-corrected chi connectivity index (χ1v) is 15.7. The zero-order valence-electron chi connectivity index (χ0n) is 27.6. The van der Waals surface area contributed by atoms with E-state index in [0.717, 1.165) is 41.3 Å². The third kappa shape index (κ3) is 11.1.